The molecule has 3 amide bonds. The minimum absolute atomic E-state index is 0.0419. The van der Waals surface area contributed by atoms with E-state index in [2.05, 4.69) is 15.3 Å². The quantitative estimate of drug-likeness (QED) is 0.368. The van der Waals surface area contributed by atoms with Crippen LogP contribution in [0.3, 0.4) is 0 Å². The molecule has 0 radical (unpaired) electrons. The first-order chi connectivity index (χ1) is 18.4. The van der Waals surface area contributed by atoms with Crippen molar-refractivity contribution in [2.75, 3.05) is 18.0 Å². The van der Waals surface area contributed by atoms with E-state index in [1.165, 1.54) is 29.8 Å². The summed E-state index contributed by atoms with van der Waals surface area (Å²) in [7, 11) is 0. The molecule has 3 heterocycles. The predicted molar refractivity (Wildman–Crippen MR) is 146 cm³/mol. The number of hydrogen-bond acceptors (Lipinski definition) is 9. The minimum Gasteiger partial charge on any atom is -0.444 e. The van der Waals surface area contributed by atoms with E-state index in [9.17, 15) is 19.2 Å². The van der Waals surface area contributed by atoms with Crippen LogP contribution >= 0.6 is 11.3 Å². The Bertz CT molecular complexity index is 1450. The van der Waals surface area contributed by atoms with Gasteiger partial charge in [0.2, 0.25) is 23.7 Å². The number of amides is 3. The van der Waals surface area contributed by atoms with Crippen LogP contribution in [0.15, 0.2) is 29.6 Å². The summed E-state index contributed by atoms with van der Waals surface area (Å²) in [6.45, 7) is 9.03. The molecule has 0 saturated carbocycles. The Kier molecular flexibility index (Phi) is 7.82. The molecule has 0 atom stereocenters. The van der Waals surface area contributed by atoms with Crippen LogP contribution in [-0.4, -0.2) is 67.9 Å². The van der Waals surface area contributed by atoms with E-state index in [1.807, 2.05) is 20.8 Å². The number of imidazole rings is 1. The number of para-hydroxylation sites is 2. The number of nitrogens with zero attached hydrogens (tertiary/aromatic N) is 5. The Morgan fingerprint density at radius 1 is 1.10 bits per heavy atom. The van der Waals surface area contributed by atoms with Crippen molar-refractivity contribution in [3.8, 4) is 0 Å². The van der Waals surface area contributed by atoms with E-state index in [4.69, 9.17) is 10.1 Å². The molecule has 4 rings (SSSR count). The fourth-order valence-corrected chi connectivity index (χ4v) is 5.28. The van der Waals surface area contributed by atoms with Crippen LogP contribution in [0.2, 0.25) is 0 Å². The highest BCUT2D eigenvalue weighted by Gasteiger charge is 2.33. The normalized spacial score (nSPS) is 14.2. The zero-order chi connectivity index (χ0) is 28.5. The Labute approximate surface area is 229 Å². The van der Waals surface area contributed by atoms with Gasteiger partial charge in [0.25, 0.3) is 5.91 Å². The van der Waals surface area contributed by atoms with Crippen LogP contribution in [0, 0.1) is 5.41 Å². The van der Waals surface area contributed by atoms with Crippen LogP contribution < -0.4 is 10.2 Å². The molecule has 206 valence electrons. The minimum atomic E-state index is -0.708. The van der Waals surface area contributed by atoms with Crippen LogP contribution in [0.5, 0.6) is 0 Å². The van der Waals surface area contributed by atoms with Gasteiger partial charge in [-0.1, -0.05) is 12.1 Å². The number of ether oxygens (including phenoxy) is 1. The highest BCUT2D eigenvalue weighted by atomic mass is 32.1. The molecule has 1 aromatic carbocycles. The second kappa shape index (κ2) is 10.9. The zero-order valence-electron chi connectivity index (χ0n) is 22.5. The lowest BCUT2D eigenvalue weighted by molar-refractivity contribution is -0.117. The van der Waals surface area contributed by atoms with Crippen molar-refractivity contribution in [2.45, 2.75) is 59.0 Å². The molecule has 39 heavy (non-hydrogen) atoms. The summed E-state index contributed by atoms with van der Waals surface area (Å²) in [6.07, 6.45) is 0.967. The SMILES string of the molecule is CC(=O)NC(=N)N(C(=O)c1csc(C2CCN(C(=O)OC(C)(C)C)CC2)n1)c1nc2ccccc2n1C(C)=O. The van der Waals surface area contributed by atoms with E-state index in [0.717, 1.165) is 9.91 Å². The molecule has 2 aromatic heterocycles. The average molecular weight is 554 g/mol. The fourth-order valence-electron chi connectivity index (χ4n) is 4.31. The number of piperidine rings is 1. The molecule has 1 saturated heterocycles. The summed E-state index contributed by atoms with van der Waals surface area (Å²) in [6, 6.07) is 6.85. The van der Waals surface area contributed by atoms with Crippen LogP contribution in [-0.2, 0) is 9.53 Å². The number of nitrogens with one attached hydrogen (secondary N) is 2. The third kappa shape index (κ3) is 6.14. The molecule has 1 fully saturated rings. The van der Waals surface area contributed by atoms with Crippen LogP contribution in [0.25, 0.3) is 11.0 Å². The topological polar surface area (TPSA) is 151 Å². The number of fused-ring (bicyclic) bond motifs is 1. The summed E-state index contributed by atoms with van der Waals surface area (Å²) in [5, 5.41) is 13.1. The first-order valence-corrected chi connectivity index (χ1v) is 13.4. The number of rotatable bonds is 3. The van der Waals surface area contributed by atoms with Crippen molar-refractivity contribution < 1.29 is 23.9 Å². The van der Waals surface area contributed by atoms with Crippen molar-refractivity contribution in [3.05, 3.63) is 40.3 Å². The summed E-state index contributed by atoms with van der Waals surface area (Å²) < 4.78 is 6.69. The number of benzene rings is 1. The molecule has 0 spiro atoms. The maximum absolute atomic E-state index is 13.7. The van der Waals surface area contributed by atoms with Crippen molar-refractivity contribution in [2.24, 2.45) is 0 Å². The second-order valence-electron chi connectivity index (χ2n) is 10.2. The molecule has 0 bridgehead atoms. The largest absolute Gasteiger partial charge is 0.444 e. The van der Waals surface area contributed by atoms with Gasteiger partial charge in [-0.15, -0.1) is 11.3 Å². The number of carbonyl (C=O) groups excluding carboxylic acids is 4. The predicted octanol–water partition coefficient (Wildman–Crippen LogP) is 3.99. The fraction of sp³-hybridized carbons (Fsp3) is 0.423. The zero-order valence-corrected chi connectivity index (χ0v) is 23.3. The van der Waals surface area contributed by atoms with Gasteiger partial charge < -0.3 is 9.64 Å². The number of anilines is 1. The third-order valence-corrected chi connectivity index (χ3v) is 7.02. The molecule has 1 aliphatic heterocycles. The van der Waals surface area contributed by atoms with Gasteiger partial charge in [0.15, 0.2) is 0 Å². The standard InChI is InChI=1S/C26H31N7O5S/c1-15(34)28-23(27)33(24-30-18-8-6-7-9-20(18)32(24)16(2)35)22(36)19-14-39-21(29-19)17-10-12-31(13-11-17)25(37)38-26(3,4)5/h6-9,14,17H,10-13H2,1-5H3,(H2,27,28,34). The molecular formula is C26H31N7O5S. The Morgan fingerprint density at radius 3 is 2.38 bits per heavy atom. The number of hydrogen-bond donors (Lipinski definition) is 2. The first-order valence-electron chi connectivity index (χ1n) is 12.5. The van der Waals surface area contributed by atoms with Crippen LogP contribution in [0.4, 0.5) is 10.7 Å². The van der Waals surface area contributed by atoms with E-state index < -0.39 is 29.3 Å². The van der Waals surface area contributed by atoms with Crippen molar-refractivity contribution in [1.82, 2.24) is 24.8 Å². The summed E-state index contributed by atoms with van der Waals surface area (Å²) in [5.74, 6) is -2.31. The molecular weight excluding hydrogens is 522 g/mol. The van der Waals surface area contributed by atoms with E-state index >= 15 is 0 Å². The second-order valence-corrected chi connectivity index (χ2v) is 11.1. The van der Waals surface area contributed by atoms with Gasteiger partial charge in [-0.2, -0.15) is 0 Å². The van der Waals surface area contributed by atoms with Crippen molar-refractivity contribution >= 4 is 58.1 Å². The van der Waals surface area contributed by atoms with Crippen molar-refractivity contribution in [1.29, 1.82) is 5.41 Å². The molecule has 12 nitrogen and oxygen atoms in total. The Balaban J connectivity index is 1.60. The Morgan fingerprint density at radius 2 is 1.77 bits per heavy atom. The number of carbonyl (C=O) groups is 4. The number of likely N-dealkylation sites (tertiary alicyclic amines) is 1. The number of guanidine groups is 1. The lowest BCUT2D eigenvalue weighted by atomic mass is 9.98. The van der Waals surface area contributed by atoms with Crippen LogP contribution in [0.1, 0.15) is 73.7 Å². The highest BCUT2D eigenvalue weighted by molar-refractivity contribution is 7.10. The third-order valence-electron chi connectivity index (χ3n) is 6.02. The van der Waals surface area contributed by atoms with Gasteiger partial charge in [0, 0.05) is 38.2 Å². The summed E-state index contributed by atoms with van der Waals surface area (Å²) >= 11 is 1.31. The van der Waals surface area contributed by atoms with Gasteiger partial charge in [-0.3, -0.25) is 25.1 Å². The molecule has 0 aliphatic carbocycles. The Hall–Kier alpha value is -4.13. The van der Waals surface area contributed by atoms with Gasteiger partial charge >= 0.3 is 6.09 Å². The summed E-state index contributed by atoms with van der Waals surface area (Å²) in [4.78, 5) is 62.0. The highest BCUT2D eigenvalue weighted by Crippen LogP contribution is 2.32. The van der Waals surface area contributed by atoms with E-state index in [1.54, 1.807) is 34.5 Å². The van der Waals surface area contributed by atoms with Gasteiger partial charge in [-0.25, -0.2) is 24.2 Å². The lowest BCUT2D eigenvalue weighted by Crippen LogP contribution is -2.48. The van der Waals surface area contributed by atoms with E-state index in [-0.39, 0.29) is 23.7 Å². The smallest absolute Gasteiger partial charge is 0.410 e. The first kappa shape index (κ1) is 27.9. The number of aromatic nitrogens is 3. The molecule has 1 aliphatic rings. The van der Waals surface area contributed by atoms with Gasteiger partial charge in [0.05, 0.1) is 16.0 Å². The van der Waals surface area contributed by atoms with E-state index in [0.29, 0.717) is 37.0 Å². The molecule has 0 unspecified atom stereocenters. The molecule has 3 aromatic rings. The molecule has 2 N–H and O–H groups in total. The lowest BCUT2D eigenvalue weighted by Gasteiger charge is -2.32. The molecule has 13 heteroatoms. The van der Waals surface area contributed by atoms with Crippen molar-refractivity contribution in [3.63, 3.8) is 0 Å². The number of thiazole rings is 1. The van der Waals surface area contributed by atoms with Gasteiger partial charge in [0.1, 0.15) is 11.3 Å². The maximum atomic E-state index is 13.7. The maximum Gasteiger partial charge on any atom is 0.410 e. The van der Waals surface area contributed by atoms with Gasteiger partial charge in [-0.05, 0) is 45.7 Å². The average Bonchev–Trinajstić information content (AvgIpc) is 3.48. The monoisotopic (exact) mass is 553 g/mol. The summed E-state index contributed by atoms with van der Waals surface area (Å²) in [5.41, 5.74) is 0.399.